The summed E-state index contributed by atoms with van der Waals surface area (Å²) in [6.07, 6.45) is 0. The first-order chi connectivity index (χ1) is 12.7. The number of ether oxygens (including phenoxy) is 2. The average Bonchev–Trinajstić information content (AvgIpc) is 2.66. The molecule has 0 amide bonds. The smallest absolute Gasteiger partial charge is 0.349 e. The van der Waals surface area contributed by atoms with E-state index in [1.807, 2.05) is 0 Å². The Kier molecular flexibility index (Phi) is 5.01. The van der Waals surface area contributed by atoms with Gasteiger partial charge in [0.05, 0.1) is 12.6 Å². The third kappa shape index (κ3) is 3.32. The number of hydrogen-bond acceptors (Lipinski definition) is 4. The fraction of sp³-hybridized carbons (Fsp3) is 0.0588. The van der Waals surface area contributed by atoms with Gasteiger partial charge in [-0.15, -0.1) is 0 Å². The summed E-state index contributed by atoms with van der Waals surface area (Å²) < 4.78 is 77.1. The van der Waals surface area contributed by atoms with Crippen LogP contribution in [0.2, 0.25) is 0 Å². The highest BCUT2D eigenvalue weighted by molar-refractivity contribution is 9.10. The van der Waals surface area contributed by atoms with Crippen LogP contribution in [0.15, 0.2) is 28.7 Å². The van der Waals surface area contributed by atoms with Crippen LogP contribution in [0, 0.1) is 29.1 Å². The third-order valence-electron chi connectivity index (χ3n) is 3.52. The highest BCUT2D eigenvalue weighted by Crippen LogP contribution is 2.31. The molecule has 0 fully saturated rings. The van der Waals surface area contributed by atoms with E-state index in [1.54, 1.807) is 18.2 Å². The van der Waals surface area contributed by atoms with Crippen LogP contribution in [-0.4, -0.2) is 18.1 Å². The fourth-order valence-corrected chi connectivity index (χ4v) is 2.60. The molecular formula is C17H7BrF5NO3. The Morgan fingerprint density at radius 1 is 0.963 bits per heavy atom. The molecule has 0 unspecified atom stereocenters. The van der Waals surface area contributed by atoms with Gasteiger partial charge in [0.15, 0.2) is 0 Å². The van der Waals surface area contributed by atoms with Crippen LogP contribution in [0.3, 0.4) is 0 Å². The highest BCUT2D eigenvalue weighted by Gasteiger charge is 2.30. The van der Waals surface area contributed by atoms with Crippen molar-refractivity contribution in [2.24, 2.45) is 0 Å². The van der Waals surface area contributed by atoms with Gasteiger partial charge in [-0.25, -0.2) is 22.9 Å². The molecule has 0 saturated heterocycles. The molecule has 0 radical (unpaired) electrons. The third-order valence-corrected chi connectivity index (χ3v) is 4.02. The van der Waals surface area contributed by atoms with Crippen LogP contribution in [0.25, 0.3) is 10.9 Å². The molecule has 10 heteroatoms. The number of aromatic nitrogens is 1. The van der Waals surface area contributed by atoms with Gasteiger partial charge < -0.3 is 9.47 Å². The molecule has 0 aliphatic heterocycles. The standard InChI is InChI=1S/C17H7BrF5NO3/c1-26-16-8(4-6-2-3-7(18)5-9(6)24-16)17(25)27-15-13(22)11(20)10(19)12(21)14(15)23/h2-5H,1H3. The Balaban J connectivity index is 2.08. The fourth-order valence-electron chi connectivity index (χ4n) is 2.25. The highest BCUT2D eigenvalue weighted by atomic mass is 79.9. The Morgan fingerprint density at radius 2 is 1.56 bits per heavy atom. The van der Waals surface area contributed by atoms with E-state index in [0.717, 1.165) is 0 Å². The maximum absolute atomic E-state index is 13.7. The second-order valence-electron chi connectivity index (χ2n) is 5.17. The van der Waals surface area contributed by atoms with Gasteiger partial charge in [0.2, 0.25) is 40.7 Å². The number of benzene rings is 2. The molecule has 0 N–H and O–H groups in total. The van der Waals surface area contributed by atoms with E-state index in [4.69, 9.17) is 4.74 Å². The van der Waals surface area contributed by atoms with Gasteiger partial charge >= 0.3 is 5.97 Å². The van der Waals surface area contributed by atoms with Crippen molar-refractivity contribution in [2.45, 2.75) is 0 Å². The summed E-state index contributed by atoms with van der Waals surface area (Å²) in [4.78, 5) is 16.4. The predicted molar refractivity (Wildman–Crippen MR) is 87.2 cm³/mol. The summed E-state index contributed by atoms with van der Waals surface area (Å²) in [6, 6.07) is 6.11. The van der Waals surface area contributed by atoms with Crippen molar-refractivity contribution in [2.75, 3.05) is 7.11 Å². The zero-order chi connectivity index (χ0) is 19.9. The van der Waals surface area contributed by atoms with Crippen LogP contribution < -0.4 is 9.47 Å². The zero-order valence-electron chi connectivity index (χ0n) is 13.2. The zero-order valence-corrected chi connectivity index (χ0v) is 14.8. The van der Waals surface area contributed by atoms with Crippen LogP contribution in [-0.2, 0) is 0 Å². The van der Waals surface area contributed by atoms with Gasteiger partial charge in [0.1, 0.15) is 5.56 Å². The van der Waals surface area contributed by atoms with E-state index in [2.05, 4.69) is 25.7 Å². The van der Waals surface area contributed by atoms with Crippen LogP contribution in [0.1, 0.15) is 10.4 Å². The summed E-state index contributed by atoms with van der Waals surface area (Å²) in [7, 11) is 1.18. The van der Waals surface area contributed by atoms with Crippen molar-refractivity contribution in [1.29, 1.82) is 0 Å². The quantitative estimate of drug-likeness (QED) is 0.188. The second-order valence-corrected chi connectivity index (χ2v) is 6.09. The van der Waals surface area contributed by atoms with E-state index in [9.17, 15) is 26.7 Å². The molecule has 0 bridgehead atoms. The SMILES string of the molecule is COc1nc2cc(Br)ccc2cc1C(=O)Oc1c(F)c(F)c(F)c(F)c1F. The van der Waals surface area contributed by atoms with E-state index in [1.165, 1.54) is 13.2 Å². The van der Waals surface area contributed by atoms with Gasteiger partial charge in [-0.2, -0.15) is 8.78 Å². The number of pyridine rings is 1. The maximum Gasteiger partial charge on any atom is 0.349 e. The summed E-state index contributed by atoms with van der Waals surface area (Å²) in [5, 5.41) is 0.448. The summed E-state index contributed by atoms with van der Waals surface area (Å²) >= 11 is 3.25. The number of rotatable bonds is 3. The molecule has 3 aromatic rings. The Hall–Kier alpha value is -2.75. The molecule has 140 valence electrons. The largest absolute Gasteiger partial charge is 0.480 e. The lowest BCUT2D eigenvalue weighted by Crippen LogP contribution is -2.15. The molecular weight excluding hydrogens is 441 g/mol. The second kappa shape index (κ2) is 7.10. The maximum atomic E-state index is 13.7. The predicted octanol–water partition coefficient (Wildman–Crippen LogP) is 4.92. The first-order valence-electron chi connectivity index (χ1n) is 7.12. The summed E-state index contributed by atoms with van der Waals surface area (Å²) in [5.74, 6) is -14.7. The average molecular weight is 448 g/mol. The molecule has 3 rings (SSSR count). The summed E-state index contributed by atoms with van der Waals surface area (Å²) in [5.41, 5.74) is 0.0604. The van der Waals surface area contributed by atoms with E-state index in [-0.39, 0.29) is 11.4 Å². The number of hydrogen-bond donors (Lipinski definition) is 0. The van der Waals surface area contributed by atoms with Gasteiger partial charge in [-0.3, -0.25) is 0 Å². The number of halogens is 6. The van der Waals surface area contributed by atoms with Crippen molar-refractivity contribution in [3.05, 3.63) is 63.4 Å². The van der Waals surface area contributed by atoms with Crippen molar-refractivity contribution >= 4 is 32.8 Å². The molecule has 1 heterocycles. The summed E-state index contributed by atoms with van der Waals surface area (Å²) in [6.45, 7) is 0. The number of fused-ring (bicyclic) bond motifs is 1. The number of esters is 1. The monoisotopic (exact) mass is 447 g/mol. The molecule has 0 atom stereocenters. The molecule has 4 nitrogen and oxygen atoms in total. The van der Waals surface area contributed by atoms with Crippen LogP contribution >= 0.6 is 15.9 Å². The van der Waals surface area contributed by atoms with Crippen molar-refractivity contribution in [1.82, 2.24) is 4.98 Å². The lowest BCUT2D eigenvalue weighted by molar-refractivity contribution is 0.0712. The van der Waals surface area contributed by atoms with Crippen molar-refractivity contribution in [3.63, 3.8) is 0 Å². The number of nitrogens with zero attached hydrogens (tertiary/aromatic N) is 1. The number of methoxy groups -OCH3 is 1. The first-order valence-corrected chi connectivity index (χ1v) is 7.91. The molecule has 1 aromatic heterocycles. The minimum atomic E-state index is -2.36. The van der Waals surface area contributed by atoms with E-state index >= 15 is 0 Å². The van der Waals surface area contributed by atoms with Gasteiger partial charge in [0.25, 0.3) is 0 Å². The Morgan fingerprint density at radius 3 is 2.15 bits per heavy atom. The first kappa shape index (κ1) is 19.0. The van der Waals surface area contributed by atoms with Gasteiger partial charge in [-0.1, -0.05) is 22.0 Å². The van der Waals surface area contributed by atoms with E-state index in [0.29, 0.717) is 15.4 Å². The topological polar surface area (TPSA) is 48.4 Å². The van der Waals surface area contributed by atoms with Crippen molar-refractivity contribution < 1.29 is 36.2 Å². The van der Waals surface area contributed by atoms with E-state index < -0.39 is 40.8 Å². The Bertz CT molecular complexity index is 1060. The van der Waals surface area contributed by atoms with Gasteiger partial charge in [0, 0.05) is 9.86 Å². The number of carbonyl (C=O) groups excluding carboxylic acids is 1. The lowest BCUT2D eigenvalue weighted by Gasteiger charge is -2.11. The van der Waals surface area contributed by atoms with Gasteiger partial charge in [-0.05, 0) is 18.2 Å². The molecule has 0 aliphatic rings. The molecule has 2 aromatic carbocycles. The van der Waals surface area contributed by atoms with Crippen molar-refractivity contribution in [3.8, 4) is 11.6 Å². The number of carbonyl (C=O) groups is 1. The normalized spacial score (nSPS) is 10.9. The Labute approximate surface area is 156 Å². The lowest BCUT2D eigenvalue weighted by atomic mass is 10.1. The molecule has 27 heavy (non-hydrogen) atoms. The van der Waals surface area contributed by atoms with Crippen LogP contribution in [0.5, 0.6) is 11.6 Å². The van der Waals surface area contributed by atoms with Crippen LogP contribution in [0.4, 0.5) is 22.0 Å². The minimum absolute atomic E-state index is 0.255. The molecule has 0 aliphatic carbocycles. The minimum Gasteiger partial charge on any atom is -0.480 e. The molecule has 0 spiro atoms. The molecule has 0 saturated carbocycles.